The summed E-state index contributed by atoms with van der Waals surface area (Å²) >= 11 is 0. The van der Waals surface area contributed by atoms with Crippen molar-refractivity contribution in [2.45, 2.75) is 45.1 Å². The van der Waals surface area contributed by atoms with Crippen molar-refractivity contribution in [2.75, 3.05) is 13.6 Å². The molecule has 1 aliphatic rings. The second-order valence-corrected chi connectivity index (χ2v) is 7.41. The lowest BCUT2D eigenvalue weighted by atomic mass is 9.97. The average molecular weight is 375 g/mol. The molecule has 0 bridgehead atoms. The van der Waals surface area contributed by atoms with E-state index >= 15 is 0 Å². The molecule has 1 aliphatic carbocycles. The van der Waals surface area contributed by atoms with E-state index in [4.69, 9.17) is 0 Å². The zero-order valence-corrected chi connectivity index (χ0v) is 16.7. The number of benzene rings is 1. The van der Waals surface area contributed by atoms with Gasteiger partial charge in [0.1, 0.15) is 0 Å². The Morgan fingerprint density at radius 2 is 1.89 bits per heavy atom. The highest BCUT2D eigenvalue weighted by Gasteiger charge is 2.43. The number of alkyl halides is 2. The summed E-state index contributed by atoms with van der Waals surface area (Å²) in [6.45, 7) is 11.9. The maximum atomic E-state index is 14.5. The molecule has 0 radical (unpaired) electrons. The number of likely N-dealkylation sites (N-methyl/N-ethyl adjacent to an activating group) is 1. The first-order chi connectivity index (χ1) is 12.8. The Bertz CT molecular complexity index is 650. The van der Waals surface area contributed by atoms with Crippen molar-refractivity contribution >= 4 is 0 Å². The van der Waals surface area contributed by atoms with Crippen molar-refractivity contribution in [3.8, 4) is 0 Å². The van der Waals surface area contributed by atoms with Crippen molar-refractivity contribution in [1.82, 2.24) is 9.80 Å². The Morgan fingerprint density at radius 3 is 2.44 bits per heavy atom. The van der Waals surface area contributed by atoms with Crippen LogP contribution in [0.5, 0.6) is 0 Å². The first-order valence-corrected chi connectivity index (χ1v) is 9.75. The van der Waals surface area contributed by atoms with Gasteiger partial charge in [0.25, 0.3) is 5.92 Å². The Hall–Kier alpha value is -2.10. The Labute approximate surface area is 162 Å². The molecule has 1 saturated carbocycles. The van der Waals surface area contributed by atoms with E-state index in [-0.39, 0.29) is 5.56 Å². The van der Waals surface area contributed by atoms with Gasteiger partial charge in [0.05, 0.1) is 6.54 Å². The zero-order valence-electron chi connectivity index (χ0n) is 16.7. The predicted octanol–water partition coefficient (Wildman–Crippen LogP) is 6.01. The number of nitrogens with zero attached hydrogens (tertiary/aromatic N) is 2. The van der Waals surface area contributed by atoms with Crippen LogP contribution in [0.3, 0.4) is 0 Å². The molecule has 0 heterocycles. The lowest BCUT2D eigenvalue weighted by molar-refractivity contribution is -0.0247. The van der Waals surface area contributed by atoms with E-state index in [0.29, 0.717) is 17.7 Å². The van der Waals surface area contributed by atoms with Crippen LogP contribution in [0, 0.1) is 11.8 Å². The summed E-state index contributed by atoms with van der Waals surface area (Å²) in [4.78, 5) is 3.59. The van der Waals surface area contributed by atoms with Gasteiger partial charge in [-0.05, 0) is 30.5 Å². The molecule has 0 aliphatic heterocycles. The SMILES string of the molecule is C=CN(/C=C\C(=C)N(C)CC(F)(F)c1ccccc1)C1CC1C(CC)CC. The van der Waals surface area contributed by atoms with Crippen LogP contribution in [-0.4, -0.2) is 29.4 Å². The normalized spacial score (nSPS) is 19.3. The van der Waals surface area contributed by atoms with Crippen LogP contribution in [0.25, 0.3) is 0 Å². The number of rotatable bonds is 11. The van der Waals surface area contributed by atoms with Crippen LogP contribution < -0.4 is 0 Å². The molecule has 2 nitrogen and oxygen atoms in total. The summed E-state index contributed by atoms with van der Waals surface area (Å²) in [5.74, 6) is -1.50. The molecule has 1 aromatic rings. The van der Waals surface area contributed by atoms with Crippen molar-refractivity contribution < 1.29 is 8.78 Å². The van der Waals surface area contributed by atoms with Gasteiger partial charge in [-0.25, -0.2) is 0 Å². The van der Waals surface area contributed by atoms with Gasteiger partial charge in [-0.3, -0.25) is 0 Å². The highest BCUT2D eigenvalue weighted by atomic mass is 19.3. The Kier molecular flexibility index (Phi) is 7.23. The van der Waals surface area contributed by atoms with Crippen molar-refractivity contribution in [3.63, 3.8) is 0 Å². The van der Waals surface area contributed by atoms with Crippen molar-refractivity contribution in [1.29, 1.82) is 0 Å². The molecule has 0 amide bonds. The number of halogens is 2. The largest absolute Gasteiger partial charge is 0.369 e. The summed E-state index contributed by atoms with van der Waals surface area (Å²) in [5, 5.41) is 0. The molecular formula is C23H32F2N2. The summed E-state index contributed by atoms with van der Waals surface area (Å²) in [7, 11) is 1.64. The zero-order chi connectivity index (χ0) is 20.0. The van der Waals surface area contributed by atoms with Gasteiger partial charge in [-0.15, -0.1) is 0 Å². The van der Waals surface area contributed by atoms with Gasteiger partial charge in [0, 0.05) is 30.5 Å². The minimum absolute atomic E-state index is 0.0207. The topological polar surface area (TPSA) is 6.48 Å². The van der Waals surface area contributed by atoms with Gasteiger partial charge in [-0.2, -0.15) is 8.78 Å². The number of allylic oxidation sites excluding steroid dienone is 1. The van der Waals surface area contributed by atoms with Gasteiger partial charge >= 0.3 is 0 Å². The third-order valence-electron chi connectivity index (χ3n) is 5.61. The predicted molar refractivity (Wildman–Crippen MR) is 109 cm³/mol. The molecule has 148 valence electrons. The third-order valence-corrected chi connectivity index (χ3v) is 5.61. The summed E-state index contributed by atoms with van der Waals surface area (Å²) < 4.78 is 28.9. The lowest BCUT2D eigenvalue weighted by Gasteiger charge is -2.26. The Morgan fingerprint density at radius 1 is 1.26 bits per heavy atom. The van der Waals surface area contributed by atoms with Crippen molar-refractivity contribution in [2.24, 2.45) is 11.8 Å². The molecular weight excluding hydrogens is 342 g/mol. The molecule has 4 heteroatoms. The second-order valence-electron chi connectivity index (χ2n) is 7.41. The van der Waals surface area contributed by atoms with Crippen LogP contribution in [0.15, 0.2) is 67.7 Å². The minimum atomic E-state index is -2.93. The van der Waals surface area contributed by atoms with Gasteiger partial charge in [0.15, 0.2) is 0 Å². The lowest BCUT2D eigenvalue weighted by Crippen LogP contribution is -2.31. The van der Waals surface area contributed by atoms with E-state index in [2.05, 4.69) is 31.9 Å². The number of hydrogen-bond acceptors (Lipinski definition) is 2. The van der Waals surface area contributed by atoms with E-state index in [1.54, 1.807) is 31.3 Å². The highest BCUT2D eigenvalue weighted by Crippen LogP contribution is 2.44. The van der Waals surface area contributed by atoms with E-state index in [1.807, 2.05) is 12.4 Å². The summed E-state index contributed by atoms with van der Waals surface area (Å²) in [6.07, 6.45) is 9.07. The molecule has 0 saturated heterocycles. The smallest absolute Gasteiger partial charge is 0.290 e. The first-order valence-electron chi connectivity index (χ1n) is 9.75. The fourth-order valence-corrected chi connectivity index (χ4v) is 3.72. The summed E-state index contributed by atoms with van der Waals surface area (Å²) in [5.41, 5.74) is 0.574. The minimum Gasteiger partial charge on any atom is -0.369 e. The molecule has 0 N–H and O–H groups in total. The fraction of sp³-hybridized carbons (Fsp3) is 0.478. The second kappa shape index (κ2) is 9.20. The molecule has 2 rings (SSSR count). The molecule has 27 heavy (non-hydrogen) atoms. The third kappa shape index (κ3) is 5.44. The van der Waals surface area contributed by atoms with E-state index < -0.39 is 12.5 Å². The summed E-state index contributed by atoms with van der Waals surface area (Å²) in [6, 6.07) is 8.38. The molecule has 0 aromatic heterocycles. The Balaban J connectivity index is 1.94. The van der Waals surface area contributed by atoms with Gasteiger partial charge in [-0.1, -0.05) is 70.2 Å². The first kappa shape index (κ1) is 21.2. The molecule has 1 aromatic carbocycles. The van der Waals surface area contributed by atoms with Gasteiger partial charge < -0.3 is 9.80 Å². The monoisotopic (exact) mass is 374 g/mol. The number of hydrogen-bond donors (Lipinski definition) is 0. The van der Waals surface area contributed by atoms with Crippen molar-refractivity contribution in [3.05, 3.63) is 73.2 Å². The molecule has 1 fully saturated rings. The quantitative estimate of drug-likeness (QED) is 0.438. The van der Waals surface area contributed by atoms with Crippen LogP contribution in [0.4, 0.5) is 8.78 Å². The van der Waals surface area contributed by atoms with Gasteiger partial charge in [0.2, 0.25) is 0 Å². The molecule has 2 atom stereocenters. The van der Waals surface area contributed by atoms with Crippen LogP contribution >= 0.6 is 0 Å². The average Bonchev–Trinajstić information content (AvgIpc) is 3.44. The van der Waals surface area contributed by atoms with E-state index in [1.165, 1.54) is 29.9 Å². The highest BCUT2D eigenvalue weighted by molar-refractivity contribution is 5.22. The molecule has 0 spiro atoms. The van der Waals surface area contributed by atoms with E-state index in [0.717, 1.165) is 12.3 Å². The van der Waals surface area contributed by atoms with Crippen LogP contribution in [0.2, 0.25) is 0 Å². The van der Waals surface area contributed by atoms with Crippen LogP contribution in [0.1, 0.15) is 38.7 Å². The standard InChI is InChI=1S/C23H32F2N2/c1-6-19(7-2)21-16-22(21)27(8-3)15-14-18(4)26(5)17-23(24,25)20-12-10-9-11-13-20/h8-15,19,21-22H,3-4,6-7,16-17H2,1-2,5H3/b15-14-. The fourth-order valence-electron chi connectivity index (χ4n) is 3.72. The van der Waals surface area contributed by atoms with Crippen LogP contribution in [-0.2, 0) is 5.92 Å². The molecule has 2 unspecified atom stereocenters. The maximum Gasteiger partial charge on any atom is 0.290 e. The van der Waals surface area contributed by atoms with E-state index in [9.17, 15) is 8.78 Å². The maximum absolute atomic E-state index is 14.5.